The maximum absolute atomic E-state index is 11.9. The SMILES string of the molecule is COc1ccc(CCNCC(=O)Nc2ccc3c(c2)OCO3)cc1. The molecule has 2 N–H and O–H groups in total. The Morgan fingerprint density at radius 3 is 2.71 bits per heavy atom. The highest BCUT2D eigenvalue weighted by atomic mass is 16.7. The monoisotopic (exact) mass is 328 g/mol. The minimum atomic E-state index is -0.0939. The lowest BCUT2D eigenvalue weighted by Gasteiger charge is -2.08. The first kappa shape index (κ1) is 16.1. The number of methoxy groups -OCH3 is 1. The molecule has 126 valence electrons. The van der Waals surface area contributed by atoms with Crippen molar-refractivity contribution >= 4 is 11.6 Å². The van der Waals surface area contributed by atoms with Crippen molar-refractivity contribution in [2.75, 3.05) is 32.3 Å². The molecule has 1 aliphatic rings. The molecule has 1 aliphatic heterocycles. The van der Waals surface area contributed by atoms with E-state index in [1.54, 1.807) is 25.3 Å². The van der Waals surface area contributed by atoms with Crippen molar-refractivity contribution in [2.45, 2.75) is 6.42 Å². The van der Waals surface area contributed by atoms with Gasteiger partial charge in [0.2, 0.25) is 12.7 Å². The smallest absolute Gasteiger partial charge is 0.238 e. The van der Waals surface area contributed by atoms with Crippen LogP contribution in [0.15, 0.2) is 42.5 Å². The molecule has 0 aliphatic carbocycles. The molecule has 0 fully saturated rings. The number of fused-ring (bicyclic) bond motifs is 1. The van der Waals surface area contributed by atoms with E-state index in [1.165, 1.54) is 5.56 Å². The summed E-state index contributed by atoms with van der Waals surface area (Å²) in [6, 6.07) is 13.2. The van der Waals surface area contributed by atoms with Gasteiger partial charge in [0, 0.05) is 11.8 Å². The molecule has 6 nitrogen and oxygen atoms in total. The van der Waals surface area contributed by atoms with E-state index in [9.17, 15) is 4.79 Å². The summed E-state index contributed by atoms with van der Waals surface area (Å²) in [5.74, 6) is 2.10. The third-order valence-electron chi connectivity index (χ3n) is 3.69. The second-order valence-corrected chi connectivity index (χ2v) is 5.39. The number of benzene rings is 2. The molecule has 3 rings (SSSR count). The minimum Gasteiger partial charge on any atom is -0.497 e. The number of anilines is 1. The molecule has 0 saturated carbocycles. The Balaban J connectivity index is 1.39. The van der Waals surface area contributed by atoms with Gasteiger partial charge in [-0.15, -0.1) is 0 Å². The largest absolute Gasteiger partial charge is 0.497 e. The number of carbonyl (C=O) groups is 1. The highest BCUT2D eigenvalue weighted by Crippen LogP contribution is 2.34. The first-order valence-electron chi connectivity index (χ1n) is 7.78. The molecule has 2 aromatic rings. The Labute approximate surface area is 140 Å². The van der Waals surface area contributed by atoms with Crippen LogP contribution in [0.4, 0.5) is 5.69 Å². The van der Waals surface area contributed by atoms with E-state index in [-0.39, 0.29) is 19.2 Å². The number of hydrogen-bond acceptors (Lipinski definition) is 5. The van der Waals surface area contributed by atoms with Crippen LogP contribution < -0.4 is 24.8 Å². The summed E-state index contributed by atoms with van der Waals surface area (Å²) in [5.41, 5.74) is 1.89. The van der Waals surface area contributed by atoms with Crippen LogP contribution in [0.5, 0.6) is 17.2 Å². The van der Waals surface area contributed by atoms with Gasteiger partial charge in [0.05, 0.1) is 13.7 Å². The molecule has 0 unspecified atom stereocenters. The second kappa shape index (κ2) is 7.70. The molecule has 6 heteroatoms. The maximum atomic E-state index is 11.9. The fraction of sp³-hybridized carbons (Fsp3) is 0.278. The minimum absolute atomic E-state index is 0.0939. The predicted molar refractivity (Wildman–Crippen MR) is 90.8 cm³/mol. The molecule has 1 heterocycles. The molecule has 0 spiro atoms. The van der Waals surface area contributed by atoms with Crippen LogP contribution >= 0.6 is 0 Å². The van der Waals surface area contributed by atoms with Crippen molar-refractivity contribution in [1.82, 2.24) is 5.32 Å². The van der Waals surface area contributed by atoms with Crippen LogP contribution in [0.3, 0.4) is 0 Å². The Morgan fingerprint density at radius 1 is 1.12 bits per heavy atom. The van der Waals surface area contributed by atoms with Crippen molar-refractivity contribution in [3.63, 3.8) is 0 Å². The normalized spacial score (nSPS) is 12.0. The molecule has 0 radical (unpaired) electrons. The van der Waals surface area contributed by atoms with Crippen LogP contribution in [-0.4, -0.2) is 32.9 Å². The average molecular weight is 328 g/mol. The summed E-state index contributed by atoms with van der Waals surface area (Å²) in [5, 5.41) is 5.97. The molecule has 0 atom stereocenters. The molecule has 0 bridgehead atoms. The lowest BCUT2D eigenvalue weighted by molar-refractivity contribution is -0.115. The number of ether oxygens (including phenoxy) is 3. The zero-order valence-corrected chi connectivity index (χ0v) is 13.5. The number of hydrogen-bond donors (Lipinski definition) is 2. The Morgan fingerprint density at radius 2 is 1.92 bits per heavy atom. The summed E-state index contributed by atoms with van der Waals surface area (Å²) in [4.78, 5) is 11.9. The van der Waals surface area contributed by atoms with Gasteiger partial charge in [-0.1, -0.05) is 12.1 Å². The first-order valence-corrected chi connectivity index (χ1v) is 7.78. The summed E-state index contributed by atoms with van der Waals surface area (Å²) in [6.07, 6.45) is 0.849. The van der Waals surface area contributed by atoms with Gasteiger partial charge in [0.1, 0.15) is 5.75 Å². The maximum Gasteiger partial charge on any atom is 0.238 e. The van der Waals surface area contributed by atoms with E-state index in [4.69, 9.17) is 14.2 Å². The topological polar surface area (TPSA) is 68.8 Å². The van der Waals surface area contributed by atoms with Crippen molar-refractivity contribution < 1.29 is 19.0 Å². The van der Waals surface area contributed by atoms with Gasteiger partial charge < -0.3 is 24.8 Å². The van der Waals surface area contributed by atoms with Gasteiger partial charge in [-0.05, 0) is 42.8 Å². The highest BCUT2D eigenvalue weighted by molar-refractivity contribution is 5.92. The van der Waals surface area contributed by atoms with E-state index in [1.807, 2.05) is 24.3 Å². The molecule has 0 saturated heterocycles. The van der Waals surface area contributed by atoms with Crippen molar-refractivity contribution in [3.05, 3.63) is 48.0 Å². The highest BCUT2D eigenvalue weighted by Gasteiger charge is 2.13. The van der Waals surface area contributed by atoms with Gasteiger partial charge >= 0.3 is 0 Å². The van der Waals surface area contributed by atoms with Crippen LogP contribution in [0.2, 0.25) is 0 Å². The van der Waals surface area contributed by atoms with Crippen LogP contribution in [0.25, 0.3) is 0 Å². The van der Waals surface area contributed by atoms with Gasteiger partial charge in [-0.25, -0.2) is 0 Å². The first-order chi connectivity index (χ1) is 11.7. The van der Waals surface area contributed by atoms with E-state index >= 15 is 0 Å². The van der Waals surface area contributed by atoms with Crippen molar-refractivity contribution in [2.24, 2.45) is 0 Å². The summed E-state index contributed by atoms with van der Waals surface area (Å²) in [7, 11) is 1.65. The van der Waals surface area contributed by atoms with Crippen molar-refractivity contribution in [3.8, 4) is 17.2 Å². The molecule has 0 aromatic heterocycles. The van der Waals surface area contributed by atoms with E-state index in [2.05, 4.69) is 10.6 Å². The Bertz CT molecular complexity index is 701. The molecular formula is C18H20N2O4. The third-order valence-corrected chi connectivity index (χ3v) is 3.69. The van der Waals surface area contributed by atoms with Crippen LogP contribution in [0.1, 0.15) is 5.56 Å². The van der Waals surface area contributed by atoms with Gasteiger partial charge in [-0.3, -0.25) is 4.79 Å². The predicted octanol–water partition coefficient (Wildman–Crippen LogP) is 2.19. The lowest BCUT2D eigenvalue weighted by atomic mass is 10.1. The number of nitrogens with one attached hydrogen (secondary N) is 2. The Kier molecular flexibility index (Phi) is 5.18. The van der Waals surface area contributed by atoms with Crippen LogP contribution in [-0.2, 0) is 11.2 Å². The van der Waals surface area contributed by atoms with Gasteiger partial charge in [0.25, 0.3) is 0 Å². The van der Waals surface area contributed by atoms with E-state index in [0.717, 1.165) is 18.7 Å². The second-order valence-electron chi connectivity index (χ2n) is 5.39. The number of carbonyl (C=O) groups excluding carboxylic acids is 1. The fourth-order valence-electron chi connectivity index (χ4n) is 2.41. The molecule has 1 amide bonds. The standard InChI is InChI=1S/C18H20N2O4/c1-22-15-5-2-13(3-6-15)8-9-19-11-18(21)20-14-4-7-16-17(10-14)24-12-23-16/h2-7,10,19H,8-9,11-12H2,1H3,(H,20,21). The fourth-order valence-corrected chi connectivity index (χ4v) is 2.41. The lowest BCUT2D eigenvalue weighted by Crippen LogP contribution is -2.29. The van der Waals surface area contributed by atoms with Gasteiger partial charge in [0.15, 0.2) is 11.5 Å². The summed E-state index contributed by atoms with van der Waals surface area (Å²) < 4.78 is 15.7. The van der Waals surface area contributed by atoms with Gasteiger partial charge in [-0.2, -0.15) is 0 Å². The molecule has 2 aromatic carbocycles. The number of amides is 1. The summed E-state index contributed by atoms with van der Waals surface area (Å²) in [6.45, 7) is 1.20. The van der Waals surface area contributed by atoms with E-state index in [0.29, 0.717) is 17.2 Å². The molecular weight excluding hydrogens is 308 g/mol. The van der Waals surface area contributed by atoms with Crippen LogP contribution in [0, 0.1) is 0 Å². The quantitative estimate of drug-likeness (QED) is 0.763. The zero-order chi connectivity index (χ0) is 16.8. The third kappa shape index (κ3) is 4.17. The van der Waals surface area contributed by atoms with E-state index < -0.39 is 0 Å². The Hall–Kier alpha value is -2.73. The zero-order valence-electron chi connectivity index (χ0n) is 13.5. The summed E-state index contributed by atoms with van der Waals surface area (Å²) >= 11 is 0. The van der Waals surface area contributed by atoms with Crippen molar-refractivity contribution in [1.29, 1.82) is 0 Å². The molecule has 24 heavy (non-hydrogen) atoms. The number of rotatable bonds is 7. The average Bonchev–Trinajstić information content (AvgIpc) is 3.07.